The van der Waals surface area contributed by atoms with Gasteiger partial charge in [0.1, 0.15) is 5.76 Å². The Morgan fingerprint density at radius 3 is 2.72 bits per heavy atom. The van der Waals surface area contributed by atoms with E-state index in [1.165, 1.54) is 0 Å². The van der Waals surface area contributed by atoms with Crippen molar-refractivity contribution in [2.24, 2.45) is 0 Å². The van der Waals surface area contributed by atoms with Crippen LogP contribution in [0.2, 0.25) is 0 Å². The van der Waals surface area contributed by atoms with Gasteiger partial charge >= 0.3 is 5.97 Å². The fourth-order valence-electron chi connectivity index (χ4n) is 2.50. The number of carbonyl (C=O) groups excluding carboxylic acids is 2. The van der Waals surface area contributed by atoms with Crippen LogP contribution in [0.3, 0.4) is 0 Å². The Balaban J connectivity index is 2.10. The van der Waals surface area contributed by atoms with E-state index in [4.69, 9.17) is 4.74 Å². The predicted molar refractivity (Wildman–Crippen MR) is 63.1 cm³/mol. The summed E-state index contributed by atoms with van der Waals surface area (Å²) in [5.74, 6) is -0.511. The molecule has 18 heavy (non-hydrogen) atoms. The van der Waals surface area contributed by atoms with Gasteiger partial charge < -0.3 is 9.84 Å². The smallest absolute Gasteiger partial charge is 0.339 e. The highest BCUT2D eigenvalue weighted by Crippen LogP contribution is 2.39. The lowest BCUT2D eigenvalue weighted by molar-refractivity contribution is -0.117. The Morgan fingerprint density at radius 1 is 1.17 bits per heavy atom. The molecule has 4 nitrogen and oxygen atoms in total. The van der Waals surface area contributed by atoms with Crippen molar-refractivity contribution in [1.29, 1.82) is 0 Å². The van der Waals surface area contributed by atoms with Crippen LogP contribution < -0.4 is 0 Å². The monoisotopic (exact) mass is 244 g/mol. The normalized spacial score (nSPS) is 23.0. The molecule has 1 aromatic rings. The van der Waals surface area contributed by atoms with E-state index in [1.54, 1.807) is 24.3 Å². The van der Waals surface area contributed by atoms with E-state index in [0.717, 1.165) is 0 Å². The largest absolute Gasteiger partial charge is 0.512 e. The molecule has 1 aliphatic carbocycles. The van der Waals surface area contributed by atoms with Gasteiger partial charge in [0.15, 0.2) is 11.9 Å². The molecule has 1 aromatic carbocycles. The van der Waals surface area contributed by atoms with Crippen LogP contribution in [0.4, 0.5) is 0 Å². The van der Waals surface area contributed by atoms with E-state index >= 15 is 0 Å². The Bertz CT molecular complexity index is 571. The summed E-state index contributed by atoms with van der Waals surface area (Å²) in [6, 6.07) is 6.97. The number of hydrogen-bond acceptors (Lipinski definition) is 4. The molecule has 0 amide bonds. The van der Waals surface area contributed by atoms with Crippen molar-refractivity contribution < 1.29 is 19.4 Å². The van der Waals surface area contributed by atoms with Crippen molar-refractivity contribution >= 4 is 11.8 Å². The molecule has 0 saturated carbocycles. The predicted octanol–water partition coefficient (Wildman–Crippen LogP) is 2.46. The van der Waals surface area contributed by atoms with E-state index in [1.807, 2.05) is 0 Å². The molecule has 0 aromatic heterocycles. The third-order valence-electron chi connectivity index (χ3n) is 3.38. The van der Waals surface area contributed by atoms with Crippen molar-refractivity contribution in [1.82, 2.24) is 0 Å². The number of aliphatic hydroxyl groups excluding tert-OH is 1. The van der Waals surface area contributed by atoms with Gasteiger partial charge in [0.2, 0.25) is 0 Å². The third kappa shape index (κ3) is 1.53. The van der Waals surface area contributed by atoms with Crippen molar-refractivity contribution in [3.8, 4) is 0 Å². The molecule has 1 atom stereocenters. The third-order valence-corrected chi connectivity index (χ3v) is 3.38. The number of benzene rings is 1. The average molecular weight is 244 g/mol. The highest BCUT2D eigenvalue weighted by molar-refractivity contribution is 6.01. The first-order chi connectivity index (χ1) is 8.68. The van der Waals surface area contributed by atoms with E-state index in [2.05, 4.69) is 0 Å². The number of esters is 1. The Kier molecular flexibility index (Phi) is 2.44. The fraction of sp³-hybridized carbons (Fsp3) is 0.286. The quantitative estimate of drug-likeness (QED) is 0.771. The van der Waals surface area contributed by atoms with Crippen LogP contribution in [0.25, 0.3) is 0 Å². The fourth-order valence-corrected chi connectivity index (χ4v) is 2.50. The minimum absolute atomic E-state index is 0.0563. The molecule has 0 fully saturated rings. The molecule has 0 radical (unpaired) electrons. The summed E-state index contributed by atoms with van der Waals surface area (Å²) in [4.78, 5) is 23.6. The molecular weight excluding hydrogens is 232 g/mol. The SMILES string of the molecule is O=C1CCCC(O)=C1C1OC(=O)c2ccccc21. The first-order valence-electron chi connectivity index (χ1n) is 5.93. The van der Waals surface area contributed by atoms with Gasteiger partial charge in [-0.15, -0.1) is 0 Å². The summed E-state index contributed by atoms with van der Waals surface area (Å²) < 4.78 is 5.23. The van der Waals surface area contributed by atoms with Crippen molar-refractivity contribution in [2.45, 2.75) is 25.4 Å². The molecule has 3 rings (SSSR count). The average Bonchev–Trinajstić information content (AvgIpc) is 2.68. The number of allylic oxidation sites excluding steroid dienone is 1. The lowest BCUT2D eigenvalue weighted by Gasteiger charge is -2.19. The highest BCUT2D eigenvalue weighted by atomic mass is 16.5. The molecular formula is C14H12O4. The summed E-state index contributed by atoms with van der Waals surface area (Å²) in [6.45, 7) is 0. The summed E-state index contributed by atoms with van der Waals surface area (Å²) in [5, 5.41) is 9.88. The van der Waals surface area contributed by atoms with Crippen LogP contribution in [0, 0.1) is 0 Å². The van der Waals surface area contributed by atoms with Gasteiger partial charge in [0.05, 0.1) is 11.1 Å². The van der Waals surface area contributed by atoms with Gasteiger partial charge in [0.25, 0.3) is 0 Å². The van der Waals surface area contributed by atoms with Gasteiger partial charge in [-0.3, -0.25) is 4.79 Å². The molecule has 1 heterocycles. The molecule has 1 unspecified atom stereocenters. The lowest BCUT2D eigenvalue weighted by atomic mass is 9.89. The zero-order valence-corrected chi connectivity index (χ0v) is 9.68. The van der Waals surface area contributed by atoms with Crippen molar-refractivity contribution in [3.05, 3.63) is 46.7 Å². The molecule has 0 spiro atoms. The summed E-state index contributed by atoms with van der Waals surface area (Å²) in [7, 11) is 0. The number of carbonyl (C=O) groups is 2. The van der Waals surface area contributed by atoms with Crippen molar-refractivity contribution in [3.63, 3.8) is 0 Å². The molecule has 92 valence electrons. The maximum atomic E-state index is 11.9. The number of hydrogen-bond donors (Lipinski definition) is 1. The Labute approximate surface area is 104 Å². The van der Waals surface area contributed by atoms with Gasteiger partial charge in [-0.05, 0) is 12.5 Å². The van der Waals surface area contributed by atoms with Crippen molar-refractivity contribution in [2.75, 3.05) is 0 Å². The van der Waals surface area contributed by atoms with E-state index in [9.17, 15) is 14.7 Å². The summed E-state index contributed by atoms with van der Waals surface area (Å²) in [6.07, 6.45) is 0.783. The topological polar surface area (TPSA) is 63.6 Å². The van der Waals surface area contributed by atoms with Crippen LogP contribution in [0.1, 0.15) is 41.3 Å². The van der Waals surface area contributed by atoms with Crippen LogP contribution in [0.15, 0.2) is 35.6 Å². The molecule has 1 aliphatic heterocycles. The van der Waals surface area contributed by atoms with E-state index in [0.29, 0.717) is 30.4 Å². The number of rotatable bonds is 1. The number of ketones is 1. The minimum Gasteiger partial charge on any atom is -0.512 e. The Hall–Kier alpha value is -2.10. The first kappa shape index (κ1) is 11.0. The second-order valence-electron chi connectivity index (χ2n) is 4.51. The zero-order valence-electron chi connectivity index (χ0n) is 9.68. The minimum atomic E-state index is -0.735. The highest BCUT2D eigenvalue weighted by Gasteiger charge is 2.38. The van der Waals surface area contributed by atoms with E-state index in [-0.39, 0.29) is 17.1 Å². The number of cyclic esters (lactones) is 1. The molecule has 1 N–H and O–H groups in total. The maximum absolute atomic E-state index is 11.9. The van der Waals surface area contributed by atoms with Gasteiger partial charge in [-0.2, -0.15) is 0 Å². The number of aliphatic hydroxyl groups is 1. The van der Waals surface area contributed by atoms with E-state index < -0.39 is 12.1 Å². The van der Waals surface area contributed by atoms with Gasteiger partial charge in [-0.25, -0.2) is 4.79 Å². The summed E-state index contributed by atoms with van der Waals surface area (Å²) >= 11 is 0. The van der Waals surface area contributed by atoms with Gasteiger partial charge in [0, 0.05) is 18.4 Å². The van der Waals surface area contributed by atoms with Crippen LogP contribution in [-0.4, -0.2) is 16.9 Å². The first-order valence-corrected chi connectivity index (χ1v) is 5.93. The van der Waals surface area contributed by atoms with Crippen LogP contribution >= 0.6 is 0 Å². The lowest BCUT2D eigenvalue weighted by Crippen LogP contribution is -2.18. The second-order valence-corrected chi connectivity index (χ2v) is 4.51. The second kappa shape index (κ2) is 3.98. The summed E-state index contributed by atoms with van der Waals surface area (Å²) in [5.41, 5.74) is 1.39. The number of Topliss-reactive ketones (excluding diaryl/α,β-unsaturated/α-hetero) is 1. The van der Waals surface area contributed by atoms with Gasteiger partial charge in [-0.1, -0.05) is 18.2 Å². The number of ether oxygens (including phenoxy) is 1. The molecule has 0 saturated heterocycles. The van der Waals surface area contributed by atoms with Crippen LogP contribution in [-0.2, 0) is 9.53 Å². The number of fused-ring (bicyclic) bond motifs is 1. The van der Waals surface area contributed by atoms with Crippen LogP contribution in [0.5, 0.6) is 0 Å². The molecule has 2 aliphatic rings. The maximum Gasteiger partial charge on any atom is 0.339 e. The molecule has 0 bridgehead atoms. The molecule has 4 heteroatoms. The standard InChI is InChI=1S/C14H12O4/c15-10-6-3-7-11(16)12(10)13-8-4-1-2-5-9(8)14(17)18-13/h1-2,4-5,13,15H,3,6-7H2. The Morgan fingerprint density at radius 2 is 1.94 bits per heavy atom. The zero-order chi connectivity index (χ0) is 12.7.